The van der Waals surface area contributed by atoms with Gasteiger partial charge in [-0.3, -0.25) is 14.4 Å². The van der Waals surface area contributed by atoms with E-state index in [4.69, 9.17) is 0 Å². The molecule has 3 rings (SSSR count). The summed E-state index contributed by atoms with van der Waals surface area (Å²) in [6.45, 7) is -0.0395. The number of rotatable bonds is 8. The smallest absolute Gasteiger partial charge is 0.309 e. The fraction of sp³-hybridized carbons (Fsp3) is 0.160. The van der Waals surface area contributed by atoms with E-state index in [1.165, 1.54) is 0 Å². The Morgan fingerprint density at radius 3 is 1.77 bits per heavy atom. The van der Waals surface area contributed by atoms with Crippen molar-refractivity contribution < 1.29 is 14.4 Å². The molecule has 0 fully saturated rings. The summed E-state index contributed by atoms with van der Waals surface area (Å²) >= 11 is 0. The average molecular weight is 415 g/mol. The summed E-state index contributed by atoms with van der Waals surface area (Å²) in [6, 6.07) is 28.5. The molecular formula is C25H25N3O3. The largest absolute Gasteiger partial charge is 0.347 e. The lowest BCUT2D eigenvalue weighted by molar-refractivity contribution is -0.139. The van der Waals surface area contributed by atoms with Crippen LogP contribution in [-0.2, 0) is 27.3 Å². The lowest BCUT2D eigenvalue weighted by Gasteiger charge is -2.20. The van der Waals surface area contributed by atoms with Crippen molar-refractivity contribution in [2.45, 2.75) is 19.0 Å². The molecule has 3 aromatic carbocycles. The Morgan fingerprint density at radius 2 is 1.16 bits per heavy atom. The average Bonchev–Trinajstić information content (AvgIpc) is 2.82. The zero-order valence-corrected chi connectivity index (χ0v) is 17.1. The van der Waals surface area contributed by atoms with Gasteiger partial charge >= 0.3 is 11.8 Å². The second kappa shape index (κ2) is 11.3. The molecule has 0 radical (unpaired) electrons. The van der Waals surface area contributed by atoms with Crippen LogP contribution in [0.15, 0.2) is 91.0 Å². The van der Waals surface area contributed by atoms with Gasteiger partial charge in [-0.2, -0.15) is 0 Å². The maximum Gasteiger partial charge on any atom is 0.309 e. The first-order chi connectivity index (χ1) is 15.1. The highest BCUT2D eigenvalue weighted by atomic mass is 16.2. The van der Waals surface area contributed by atoms with Gasteiger partial charge in [0.25, 0.3) is 0 Å². The van der Waals surface area contributed by atoms with Crippen molar-refractivity contribution in [1.29, 1.82) is 0 Å². The van der Waals surface area contributed by atoms with Crippen molar-refractivity contribution in [2.24, 2.45) is 0 Å². The number of nitrogens with one attached hydrogen (secondary N) is 3. The van der Waals surface area contributed by atoms with Gasteiger partial charge in [-0.05, 0) is 23.1 Å². The molecule has 3 aromatic rings. The number of carbonyl (C=O) groups is 3. The van der Waals surface area contributed by atoms with Crippen molar-refractivity contribution in [3.63, 3.8) is 0 Å². The van der Waals surface area contributed by atoms with E-state index in [0.717, 1.165) is 16.7 Å². The number of hydrogen-bond acceptors (Lipinski definition) is 3. The molecule has 0 aliphatic rings. The van der Waals surface area contributed by atoms with Gasteiger partial charge in [0.05, 0.1) is 12.6 Å². The molecule has 0 aliphatic heterocycles. The summed E-state index contributed by atoms with van der Waals surface area (Å²) in [6.07, 6.45) is 0.613. The number of hydrogen-bond donors (Lipinski definition) is 3. The van der Waals surface area contributed by atoms with Crippen molar-refractivity contribution in [1.82, 2.24) is 16.0 Å². The maximum atomic E-state index is 12.5. The zero-order chi connectivity index (χ0) is 21.9. The predicted molar refractivity (Wildman–Crippen MR) is 119 cm³/mol. The quantitative estimate of drug-likeness (QED) is 0.494. The molecule has 0 spiro atoms. The summed E-state index contributed by atoms with van der Waals surface area (Å²) in [7, 11) is 0. The molecule has 158 valence electrons. The van der Waals surface area contributed by atoms with Crippen LogP contribution in [0, 0.1) is 0 Å². The third kappa shape index (κ3) is 7.12. The molecule has 6 heteroatoms. The first-order valence-electron chi connectivity index (χ1n) is 10.1. The third-order valence-corrected chi connectivity index (χ3v) is 4.73. The van der Waals surface area contributed by atoms with Crippen LogP contribution in [-0.4, -0.2) is 24.3 Å². The molecule has 0 heterocycles. The lowest BCUT2D eigenvalue weighted by atomic mass is 9.99. The Kier molecular flexibility index (Phi) is 7.94. The van der Waals surface area contributed by atoms with Crippen molar-refractivity contribution in [2.75, 3.05) is 6.54 Å². The molecule has 0 saturated heterocycles. The van der Waals surface area contributed by atoms with Gasteiger partial charge in [-0.15, -0.1) is 0 Å². The standard InChI is InChI=1S/C25H25N3O3/c29-23(18-27-25(31)24(30)26-17-20-12-6-2-7-13-20)28-22(21-14-8-3-9-15-21)16-19-10-4-1-5-11-19/h1-15,22H,16-18H2,(H,26,30)(H,27,31)(H,28,29)/t22-/m1/s1. The maximum absolute atomic E-state index is 12.5. The van der Waals surface area contributed by atoms with Crippen molar-refractivity contribution in [3.05, 3.63) is 108 Å². The lowest BCUT2D eigenvalue weighted by Crippen LogP contribution is -2.44. The van der Waals surface area contributed by atoms with Gasteiger partial charge in [0.1, 0.15) is 0 Å². The van der Waals surface area contributed by atoms with E-state index in [1.54, 1.807) is 0 Å². The monoisotopic (exact) mass is 415 g/mol. The third-order valence-electron chi connectivity index (χ3n) is 4.73. The van der Waals surface area contributed by atoms with Gasteiger partial charge in [0.15, 0.2) is 0 Å². The summed E-state index contributed by atoms with van der Waals surface area (Å²) in [5.74, 6) is -1.99. The molecule has 3 amide bonds. The Labute approximate surface area is 181 Å². The van der Waals surface area contributed by atoms with E-state index in [-0.39, 0.29) is 25.0 Å². The Balaban J connectivity index is 1.51. The van der Waals surface area contributed by atoms with Crippen LogP contribution >= 0.6 is 0 Å². The molecule has 0 bridgehead atoms. The van der Waals surface area contributed by atoms with Crippen LogP contribution in [0.3, 0.4) is 0 Å². The number of amides is 3. The SMILES string of the molecule is O=C(CNC(=O)C(=O)NCc1ccccc1)N[C@H](Cc1ccccc1)c1ccccc1. The van der Waals surface area contributed by atoms with Gasteiger partial charge in [0, 0.05) is 6.54 Å². The van der Waals surface area contributed by atoms with Gasteiger partial charge in [-0.1, -0.05) is 91.0 Å². The fourth-order valence-electron chi connectivity index (χ4n) is 3.13. The van der Waals surface area contributed by atoms with Crippen LogP contribution < -0.4 is 16.0 Å². The van der Waals surface area contributed by atoms with E-state index >= 15 is 0 Å². The molecule has 1 atom stereocenters. The van der Waals surface area contributed by atoms with Gasteiger partial charge in [-0.25, -0.2) is 0 Å². The van der Waals surface area contributed by atoms with Crippen LogP contribution in [0.2, 0.25) is 0 Å². The number of carbonyl (C=O) groups excluding carboxylic acids is 3. The summed E-state index contributed by atoms with van der Waals surface area (Å²) in [5.41, 5.74) is 2.93. The van der Waals surface area contributed by atoms with Crippen LogP contribution in [0.1, 0.15) is 22.7 Å². The summed E-state index contributed by atoms with van der Waals surface area (Å²) in [5, 5.41) is 7.86. The molecule has 6 nitrogen and oxygen atoms in total. The minimum absolute atomic E-state index is 0.243. The Hall–Kier alpha value is -3.93. The number of benzene rings is 3. The van der Waals surface area contributed by atoms with E-state index < -0.39 is 11.8 Å². The highest BCUT2D eigenvalue weighted by Gasteiger charge is 2.18. The first kappa shape index (κ1) is 21.8. The minimum Gasteiger partial charge on any atom is -0.347 e. The highest BCUT2D eigenvalue weighted by molar-refractivity contribution is 6.35. The molecule has 0 unspecified atom stereocenters. The normalized spacial score (nSPS) is 11.2. The summed E-state index contributed by atoms with van der Waals surface area (Å²) < 4.78 is 0. The first-order valence-corrected chi connectivity index (χ1v) is 10.1. The van der Waals surface area contributed by atoms with Gasteiger partial charge in [0.2, 0.25) is 5.91 Å². The molecule has 0 aromatic heterocycles. The van der Waals surface area contributed by atoms with Gasteiger partial charge < -0.3 is 16.0 Å². The van der Waals surface area contributed by atoms with E-state index in [1.807, 2.05) is 91.0 Å². The topological polar surface area (TPSA) is 87.3 Å². The fourth-order valence-corrected chi connectivity index (χ4v) is 3.13. The minimum atomic E-state index is -0.842. The highest BCUT2D eigenvalue weighted by Crippen LogP contribution is 2.18. The Morgan fingerprint density at radius 1 is 0.645 bits per heavy atom. The van der Waals surface area contributed by atoms with E-state index in [0.29, 0.717) is 6.42 Å². The van der Waals surface area contributed by atoms with E-state index in [2.05, 4.69) is 16.0 Å². The van der Waals surface area contributed by atoms with E-state index in [9.17, 15) is 14.4 Å². The second-order valence-electron chi connectivity index (χ2n) is 7.07. The zero-order valence-electron chi connectivity index (χ0n) is 17.1. The molecule has 3 N–H and O–H groups in total. The van der Waals surface area contributed by atoms with Crippen LogP contribution in [0.5, 0.6) is 0 Å². The van der Waals surface area contributed by atoms with Crippen LogP contribution in [0.4, 0.5) is 0 Å². The summed E-state index contributed by atoms with van der Waals surface area (Å²) in [4.78, 5) is 36.4. The Bertz CT molecular complexity index is 992. The second-order valence-corrected chi connectivity index (χ2v) is 7.07. The molecule has 0 saturated carbocycles. The van der Waals surface area contributed by atoms with Crippen molar-refractivity contribution in [3.8, 4) is 0 Å². The molecule has 0 aliphatic carbocycles. The van der Waals surface area contributed by atoms with Crippen molar-refractivity contribution >= 4 is 17.7 Å². The predicted octanol–water partition coefficient (Wildman–Crippen LogP) is 2.52. The molecule has 31 heavy (non-hydrogen) atoms. The molecular weight excluding hydrogens is 390 g/mol. The van der Waals surface area contributed by atoms with Crippen LogP contribution in [0.25, 0.3) is 0 Å².